The molecule has 0 bridgehead atoms. The lowest BCUT2D eigenvalue weighted by molar-refractivity contribution is 0.104. The number of hydrogen-bond donors (Lipinski definition) is 0. The molecule has 0 N–H and O–H groups in total. The number of hydrogen-bond acceptors (Lipinski definition) is 2. The summed E-state index contributed by atoms with van der Waals surface area (Å²) in [5.41, 5.74) is 3.51. The number of methoxy groups -OCH3 is 1. The maximum Gasteiger partial charge on any atom is 0.196 e. The highest BCUT2D eigenvalue weighted by Crippen LogP contribution is 2.36. The van der Waals surface area contributed by atoms with E-state index in [2.05, 4.69) is 34.3 Å². The highest BCUT2D eigenvalue weighted by Gasteiger charge is 2.24. The second-order valence-electron chi connectivity index (χ2n) is 7.65. The number of benzene rings is 3. The fourth-order valence-corrected chi connectivity index (χ4v) is 4.82. The number of ether oxygens (including phenoxy) is 1. The van der Waals surface area contributed by atoms with E-state index >= 15 is 0 Å². The first kappa shape index (κ1) is 20.7. The number of aromatic nitrogens is 1. The molecular weight excluding hydrogens is 438 g/mol. The maximum absolute atomic E-state index is 13.9. The van der Waals surface area contributed by atoms with Crippen molar-refractivity contribution < 1.29 is 9.53 Å². The highest BCUT2D eigenvalue weighted by atomic mass is 79.9. The van der Waals surface area contributed by atoms with Gasteiger partial charge in [0.15, 0.2) is 5.78 Å². The van der Waals surface area contributed by atoms with Crippen molar-refractivity contribution in [2.24, 2.45) is 0 Å². The summed E-state index contributed by atoms with van der Waals surface area (Å²) in [6.45, 7) is 5.14. The molecule has 0 unspecified atom stereocenters. The van der Waals surface area contributed by atoms with Crippen molar-refractivity contribution in [3.05, 3.63) is 75.9 Å². The van der Waals surface area contributed by atoms with Crippen LogP contribution in [0.5, 0.6) is 5.75 Å². The van der Waals surface area contributed by atoms with Crippen LogP contribution in [0, 0.1) is 6.92 Å². The van der Waals surface area contributed by atoms with Gasteiger partial charge in [-0.25, -0.2) is 0 Å². The maximum atomic E-state index is 13.9. The quantitative estimate of drug-likeness (QED) is 0.212. The van der Waals surface area contributed by atoms with Crippen molar-refractivity contribution in [1.82, 2.24) is 4.57 Å². The molecule has 3 nitrogen and oxygen atoms in total. The number of unbranched alkanes of at least 4 members (excludes halogenated alkanes) is 2. The Labute approximate surface area is 185 Å². The van der Waals surface area contributed by atoms with E-state index in [4.69, 9.17) is 4.74 Å². The summed E-state index contributed by atoms with van der Waals surface area (Å²) < 4.78 is 8.93. The molecule has 0 spiro atoms. The minimum absolute atomic E-state index is 0.0590. The first-order valence-corrected chi connectivity index (χ1v) is 11.3. The fraction of sp³-hybridized carbons (Fsp3) is 0.269. The Morgan fingerprint density at radius 2 is 1.70 bits per heavy atom. The predicted octanol–water partition coefficient (Wildman–Crippen LogP) is 7.30. The van der Waals surface area contributed by atoms with Gasteiger partial charge in [-0.1, -0.05) is 72.1 Å². The zero-order chi connectivity index (χ0) is 21.3. The van der Waals surface area contributed by atoms with Gasteiger partial charge in [0, 0.05) is 27.7 Å². The summed E-state index contributed by atoms with van der Waals surface area (Å²) in [7, 11) is 1.69. The Balaban J connectivity index is 1.94. The molecule has 4 rings (SSSR count). The second-order valence-corrected chi connectivity index (χ2v) is 8.50. The van der Waals surface area contributed by atoms with E-state index in [1.165, 1.54) is 0 Å². The number of carbonyl (C=O) groups excluding carboxylic acids is 1. The topological polar surface area (TPSA) is 31.2 Å². The van der Waals surface area contributed by atoms with E-state index in [-0.39, 0.29) is 5.78 Å². The van der Waals surface area contributed by atoms with Crippen LogP contribution in [0.4, 0.5) is 0 Å². The molecule has 0 aliphatic heterocycles. The van der Waals surface area contributed by atoms with Gasteiger partial charge in [-0.15, -0.1) is 0 Å². The van der Waals surface area contributed by atoms with Crippen LogP contribution >= 0.6 is 15.9 Å². The molecular formula is C26H26BrNO2. The van der Waals surface area contributed by atoms with Crippen LogP contribution in [0.1, 0.15) is 47.8 Å². The van der Waals surface area contributed by atoms with Crippen molar-refractivity contribution in [3.8, 4) is 5.75 Å². The van der Waals surface area contributed by atoms with Gasteiger partial charge in [0.1, 0.15) is 5.75 Å². The molecule has 0 saturated heterocycles. The molecule has 3 aromatic carbocycles. The summed E-state index contributed by atoms with van der Waals surface area (Å²) in [5.74, 6) is 0.871. The van der Waals surface area contributed by atoms with Gasteiger partial charge in [0.05, 0.1) is 18.2 Å². The van der Waals surface area contributed by atoms with Gasteiger partial charge < -0.3 is 9.30 Å². The Morgan fingerprint density at radius 3 is 2.43 bits per heavy atom. The predicted molar refractivity (Wildman–Crippen MR) is 128 cm³/mol. The van der Waals surface area contributed by atoms with Gasteiger partial charge in [-0.05, 0) is 42.3 Å². The average molecular weight is 464 g/mol. The summed E-state index contributed by atoms with van der Waals surface area (Å²) in [6, 6.07) is 17.9. The molecule has 30 heavy (non-hydrogen) atoms. The van der Waals surface area contributed by atoms with Crippen LogP contribution in [0.3, 0.4) is 0 Å². The van der Waals surface area contributed by atoms with Crippen LogP contribution in [0.25, 0.3) is 21.7 Å². The number of nitrogens with zero attached hydrogens (tertiary/aromatic N) is 1. The highest BCUT2D eigenvalue weighted by molar-refractivity contribution is 9.10. The Bertz CT molecular complexity index is 1240. The molecule has 1 heterocycles. The Morgan fingerprint density at radius 1 is 0.967 bits per heavy atom. The molecule has 4 aromatic rings. The first-order chi connectivity index (χ1) is 14.6. The molecule has 0 aliphatic rings. The third-order valence-corrected chi connectivity index (χ3v) is 6.54. The molecule has 154 valence electrons. The van der Waals surface area contributed by atoms with Crippen molar-refractivity contribution >= 4 is 43.4 Å². The van der Waals surface area contributed by atoms with E-state index in [0.29, 0.717) is 0 Å². The van der Waals surface area contributed by atoms with Crippen LogP contribution < -0.4 is 4.74 Å². The number of carbonyl (C=O) groups is 1. The SMILES string of the molecule is CCCCCn1c(C)c(C(=O)c2ccc(Br)c3ccccc23)c2cccc(OC)c21. The summed E-state index contributed by atoms with van der Waals surface area (Å²) in [6.07, 6.45) is 3.40. The number of aryl methyl sites for hydroxylation is 1. The van der Waals surface area contributed by atoms with Gasteiger partial charge in [-0.2, -0.15) is 0 Å². The van der Waals surface area contributed by atoms with Gasteiger partial charge in [0.2, 0.25) is 0 Å². The molecule has 1 aromatic heterocycles. The summed E-state index contributed by atoms with van der Waals surface area (Å²) in [4.78, 5) is 13.9. The smallest absolute Gasteiger partial charge is 0.196 e. The van der Waals surface area contributed by atoms with Crippen molar-refractivity contribution in [2.45, 2.75) is 39.7 Å². The number of ketones is 1. The third kappa shape index (κ3) is 3.43. The summed E-state index contributed by atoms with van der Waals surface area (Å²) in [5, 5.41) is 2.97. The molecule has 0 saturated carbocycles. The lowest BCUT2D eigenvalue weighted by Gasteiger charge is -2.11. The molecule has 0 amide bonds. The lowest BCUT2D eigenvalue weighted by Crippen LogP contribution is -2.06. The van der Waals surface area contributed by atoms with Crippen molar-refractivity contribution in [3.63, 3.8) is 0 Å². The molecule has 4 heteroatoms. The van der Waals surface area contributed by atoms with E-state index in [9.17, 15) is 4.79 Å². The molecule has 0 aliphatic carbocycles. The molecule has 0 fully saturated rings. The van der Waals surface area contributed by atoms with Crippen LogP contribution in [-0.2, 0) is 6.54 Å². The summed E-state index contributed by atoms with van der Waals surface area (Å²) >= 11 is 3.62. The monoisotopic (exact) mass is 463 g/mol. The number of rotatable bonds is 7. The second kappa shape index (κ2) is 8.65. The standard InChI is InChI=1S/C26H26BrNO2/c1-4-5-8-16-28-17(2)24(21-12-9-13-23(30-3)25(21)28)26(29)20-14-15-22(27)19-11-7-6-10-18(19)20/h6-7,9-15H,4-5,8,16H2,1-3H3. The van der Waals surface area contributed by atoms with Gasteiger partial charge >= 0.3 is 0 Å². The zero-order valence-electron chi connectivity index (χ0n) is 17.7. The van der Waals surface area contributed by atoms with Crippen LogP contribution in [0.15, 0.2) is 59.1 Å². The van der Waals surface area contributed by atoms with E-state index in [1.807, 2.05) is 54.6 Å². The zero-order valence-corrected chi connectivity index (χ0v) is 19.3. The normalized spacial score (nSPS) is 11.3. The average Bonchev–Trinajstić information content (AvgIpc) is 3.05. The van der Waals surface area contributed by atoms with Crippen LogP contribution in [0.2, 0.25) is 0 Å². The lowest BCUT2D eigenvalue weighted by atomic mass is 9.95. The van der Waals surface area contributed by atoms with E-state index < -0.39 is 0 Å². The minimum Gasteiger partial charge on any atom is -0.495 e. The number of para-hydroxylation sites is 1. The van der Waals surface area contributed by atoms with Gasteiger partial charge in [0.25, 0.3) is 0 Å². The first-order valence-electron chi connectivity index (χ1n) is 10.5. The van der Waals surface area contributed by atoms with Crippen LogP contribution in [-0.4, -0.2) is 17.5 Å². The Kier molecular flexibility index (Phi) is 5.96. The van der Waals surface area contributed by atoms with Crippen molar-refractivity contribution in [2.75, 3.05) is 7.11 Å². The number of fused-ring (bicyclic) bond motifs is 2. The third-order valence-electron chi connectivity index (χ3n) is 5.85. The fourth-order valence-electron chi connectivity index (χ4n) is 4.35. The van der Waals surface area contributed by atoms with Crippen molar-refractivity contribution in [1.29, 1.82) is 0 Å². The largest absolute Gasteiger partial charge is 0.495 e. The van der Waals surface area contributed by atoms with Gasteiger partial charge in [-0.3, -0.25) is 4.79 Å². The Hall–Kier alpha value is -2.59. The van der Waals surface area contributed by atoms with E-state index in [0.717, 1.165) is 74.5 Å². The number of halogens is 1. The minimum atomic E-state index is 0.0590. The molecule has 0 atom stereocenters. The molecule has 0 radical (unpaired) electrons. The van der Waals surface area contributed by atoms with E-state index in [1.54, 1.807) is 7.11 Å².